The van der Waals surface area contributed by atoms with Gasteiger partial charge in [-0.2, -0.15) is 0 Å². The van der Waals surface area contributed by atoms with Crippen molar-refractivity contribution in [1.82, 2.24) is 5.32 Å². The number of rotatable bonds is 10. The molecule has 1 atom stereocenters. The Labute approximate surface area is 102 Å². The van der Waals surface area contributed by atoms with E-state index in [0.29, 0.717) is 0 Å². The van der Waals surface area contributed by atoms with Gasteiger partial charge in [0.25, 0.3) is 0 Å². The third-order valence-electron chi connectivity index (χ3n) is 4.05. The summed E-state index contributed by atoms with van der Waals surface area (Å²) in [6.45, 7) is 5.68. The van der Waals surface area contributed by atoms with Crippen LogP contribution in [0.25, 0.3) is 0 Å². The molecular weight excluding hydrogens is 194 g/mol. The molecule has 0 heterocycles. The molecule has 0 aromatic rings. The van der Waals surface area contributed by atoms with Crippen LogP contribution in [-0.2, 0) is 0 Å². The predicted molar refractivity (Wildman–Crippen MR) is 72.8 cm³/mol. The first-order valence-corrected chi connectivity index (χ1v) is 7.61. The molecule has 0 amide bonds. The molecule has 1 aliphatic rings. The first-order chi connectivity index (χ1) is 7.88. The van der Waals surface area contributed by atoms with Crippen LogP contribution in [0.15, 0.2) is 0 Å². The fourth-order valence-corrected chi connectivity index (χ4v) is 2.75. The third kappa shape index (κ3) is 5.34. The van der Waals surface area contributed by atoms with Crippen molar-refractivity contribution < 1.29 is 0 Å². The second-order valence-corrected chi connectivity index (χ2v) is 5.41. The summed E-state index contributed by atoms with van der Waals surface area (Å²) in [6.07, 6.45) is 14.5. The van der Waals surface area contributed by atoms with Gasteiger partial charge < -0.3 is 5.32 Å². The molecule has 0 radical (unpaired) electrons. The van der Waals surface area contributed by atoms with Crippen LogP contribution in [0.4, 0.5) is 0 Å². The Morgan fingerprint density at radius 3 is 2.25 bits per heavy atom. The maximum atomic E-state index is 3.69. The lowest BCUT2D eigenvalue weighted by Gasteiger charge is -2.34. The Morgan fingerprint density at radius 2 is 1.69 bits per heavy atom. The van der Waals surface area contributed by atoms with Crippen molar-refractivity contribution in [1.29, 1.82) is 0 Å². The molecule has 0 bridgehead atoms. The van der Waals surface area contributed by atoms with E-state index in [1.165, 1.54) is 64.2 Å². The maximum absolute atomic E-state index is 3.69. The lowest BCUT2D eigenvalue weighted by atomic mass is 9.78. The zero-order chi connectivity index (χ0) is 11.6. The van der Waals surface area contributed by atoms with Crippen molar-refractivity contribution in [2.75, 3.05) is 6.54 Å². The Kier molecular flexibility index (Phi) is 7.92. The summed E-state index contributed by atoms with van der Waals surface area (Å²) in [4.78, 5) is 0. The van der Waals surface area contributed by atoms with Gasteiger partial charge >= 0.3 is 0 Å². The third-order valence-corrected chi connectivity index (χ3v) is 4.05. The maximum Gasteiger partial charge on any atom is 0.00952 e. The topological polar surface area (TPSA) is 12.0 Å². The van der Waals surface area contributed by atoms with E-state index < -0.39 is 0 Å². The van der Waals surface area contributed by atoms with E-state index in [0.717, 1.165) is 18.5 Å². The van der Waals surface area contributed by atoms with Crippen molar-refractivity contribution in [2.45, 2.75) is 84.1 Å². The normalized spacial score (nSPS) is 18.4. The zero-order valence-electron chi connectivity index (χ0n) is 11.4. The average molecular weight is 225 g/mol. The number of unbranched alkanes of at least 4 members (excludes halogenated alkanes) is 5. The van der Waals surface area contributed by atoms with Gasteiger partial charge in [-0.1, -0.05) is 58.8 Å². The van der Waals surface area contributed by atoms with Gasteiger partial charge in [0, 0.05) is 6.04 Å². The molecule has 1 aliphatic carbocycles. The molecule has 0 aliphatic heterocycles. The fourth-order valence-electron chi connectivity index (χ4n) is 2.75. The summed E-state index contributed by atoms with van der Waals surface area (Å²) in [6, 6.07) is 0.838. The number of hydrogen-bond donors (Lipinski definition) is 1. The van der Waals surface area contributed by atoms with Gasteiger partial charge in [-0.05, 0) is 31.7 Å². The molecule has 0 spiro atoms. The van der Waals surface area contributed by atoms with E-state index in [1.54, 1.807) is 0 Å². The van der Waals surface area contributed by atoms with Crippen LogP contribution in [0.2, 0.25) is 0 Å². The zero-order valence-corrected chi connectivity index (χ0v) is 11.4. The van der Waals surface area contributed by atoms with E-state index in [-0.39, 0.29) is 0 Å². The van der Waals surface area contributed by atoms with Crippen molar-refractivity contribution in [3.05, 3.63) is 0 Å². The Bertz CT molecular complexity index is 152. The molecule has 0 aromatic heterocycles. The molecule has 0 aromatic carbocycles. The summed E-state index contributed by atoms with van der Waals surface area (Å²) < 4.78 is 0. The van der Waals surface area contributed by atoms with Crippen LogP contribution in [-0.4, -0.2) is 12.6 Å². The fraction of sp³-hybridized carbons (Fsp3) is 1.00. The Balaban J connectivity index is 1.98. The summed E-state index contributed by atoms with van der Waals surface area (Å²) in [5, 5.41) is 3.69. The van der Waals surface area contributed by atoms with Crippen molar-refractivity contribution in [3.63, 3.8) is 0 Å². The van der Waals surface area contributed by atoms with Crippen LogP contribution in [0.1, 0.15) is 78.1 Å². The van der Waals surface area contributed by atoms with Crippen LogP contribution in [0.5, 0.6) is 0 Å². The second-order valence-electron chi connectivity index (χ2n) is 5.41. The molecule has 0 saturated heterocycles. The van der Waals surface area contributed by atoms with E-state index in [1.807, 2.05) is 0 Å². The minimum atomic E-state index is 0.838. The molecule has 1 heteroatoms. The van der Waals surface area contributed by atoms with Gasteiger partial charge in [0.15, 0.2) is 0 Å². The molecule has 1 N–H and O–H groups in total. The minimum Gasteiger partial charge on any atom is -0.314 e. The molecule has 96 valence electrons. The van der Waals surface area contributed by atoms with Gasteiger partial charge in [0.05, 0.1) is 0 Å². The van der Waals surface area contributed by atoms with E-state index in [9.17, 15) is 0 Å². The van der Waals surface area contributed by atoms with Crippen LogP contribution >= 0.6 is 0 Å². The van der Waals surface area contributed by atoms with E-state index >= 15 is 0 Å². The van der Waals surface area contributed by atoms with Gasteiger partial charge in [0.1, 0.15) is 0 Å². The molecule has 1 nitrogen and oxygen atoms in total. The SMILES string of the molecule is CCCCCCCCC(NCC)C1CCC1. The number of nitrogens with one attached hydrogen (secondary N) is 1. The van der Waals surface area contributed by atoms with Crippen molar-refractivity contribution in [3.8, 4) is 0 Å². The smallest absolute Gasteiger partial charge is 0.00952 e. The van der Waals surface area contributed by atoms with E-state index in [2.05, 4.69) is 19.2 Å². The Hall–Kier alpha value is -0.0400. The lowest BCUT2D eigenvalue weighted by Crippen LogP contribution is -2.39. The highest BCUT2D eigenvalue weighted by Gasteiger charge is 2.25. The molecule has 1 fully saturated rings. The average Bonchev–Trinajstić information content (AvgIpc) is 2.21. The first kappa shape index (κ1) is 14.0. The molecular formula is C15H31N. The summed E-state index contributed by atoms with van der Waals surface area (Å²) in [5.74, 6) is 1.01. The predicted octanol–water partition coefficient (Wildman–Crippen LogP) is 4.52. The molecule has 16 heavy (non-hydrogen) atoms. The quantitative estimate of drug-likeness (QED) is 0.539. The van der Waals surface area contributed by atoms with Gasteiger partial charge in [0.2, 0.25) is 0 Å². The molecule has 1 saturated carbocycles. The highest BCUT2D eigenvalue weighted by atomic mass is 14.9. The van der Waals surface area contributed by atoms with Crippen LogP contribution in [0, 0.1) is 5.92 Å². The highest BCUT2D eigenvalue weighted by molar-refractivity contribution is 4.82. The standard InChI is InChI=1S/C15H31N/c1-3-5-6-7-8-9-13-15(16-4-2)14-11-10-12-14/h14-16H,3-13H2,1-2H3. The number of hydrogen-bond acceptors (Lipinski definition) is 1. The largest absolute Gasteiger partial charge is 0.314 e. The highest BCUT2D eigenvalue weighted by Crippen LogP contribution is 2.31. The summed E-state index contributed by atoms with van der Waals surface area (Å²) in [7, 11) is 0. The van der Waals surface area contributed by atoms with E-state index in [4.69, 9.17) is 0 Å². The van der Waals surface area contributed by atoms with Crippen LogP contribution < -0.4 is 5.32 Å². The van der Waals surface area contributed by atoms with Crippen molar-refractivity contribution >= 4 is 0 Å². The van der Waals surface area contributed by atoms with Crippen LogP contribution in [0.3, 0.4) is 0 Å². The second kappa shape index (κ2) is 9.04. The van der Waals surface area contributed by atoms with Gasteiger partial charge in [-0.25, -0.2) is 0 Å². The first-order valence-electron chi connectivity index (χ1n) is 7.61. The summed E-state index contributed by atoms with van der Waals surface area (Å²) in [5.41, 5.74) is 0. The summed E-state index contributed by atoms with van der Waals surface area (Å²) >= 11 is 0. The Morgan fingerprint density at radius 1 is 1.00 bits per heavy atom. The monoisotopic (exact) mass is 225 g/mol. The molecule has 1 unspecified atom stereocenters. The van der Waals surface area contributed by atoms with Crippen molar-refractivity contribution in [2.24, 2.45) is 5.92 Å². The molecule has 1 rings (SSSR count). The lowest BCUT2D eigenvalue weighted by molar-refractivity contribution is 0.218. The van der Waals surface area contributed by atoms with Gasteiger partial charge in [-0.3, -0.25) is 0 Å². The van der Waals surface area contributed by atoms with Gasteiger partial charge in [-0.15, -0.1) is 0 Å². The minimum absolute atomic E-state index is 0.838.